The van der Waals surface area contributed by atoms with Gasteiger partial charge in [-0.15, -0.1) is 5.10 Å². The summed E-state index contributed by atoms with van der Waals surface area (Å²) >= 11 is 0. The molecule has 0 amide bonds. The lowest BCUT2D eigenvalue weighted by atomic mass is 9.98. The van der Waals surface area contributed by atoms with E-state index in [-0.39, 0.29) is 36.2 Å². The maximum absolute atomic E-state index is 13.4. The Morgan fingerprint density at radius 1 is 1.25 bits per heavy atom. The lowest BCUT2D eigenvalue weighted by Crippen LogP contribution is -2.06. The molecule has 0 spiro atoms. The number of aryl methyl sites for hydroxylation is 1. The smallest absolute Gasteiger partial charge is 0.253 e. The molecule has 2 aromatic carbocycles. The van der Waals surface area contributed by atoms with Crippen LogP contribution in [0.5, 0.6) is 5.88 Å². The highest BCUT2D eigenvalue weighted by Crippen LogP contribution is 2.26. The predicted molar refractivity (Wildman–Crippen MR) is 106 cm³/mol. The molecular weight excluding hydrogens is 355 g/mol. The van der Waals surface area contributed by atoms with Crippen LogP contribution in [0, 0.1) is 24.1 Å². The maximum Gasteiger partial charge on any atom is 0.253 e. The highest BCUT2D eigenvalue weighted by atomic mass is 19.1. The van der Waals surface area contributed by atoms with E-state index in [9.17, 15) is 9.65 Å². The van der Waals surface area contributed by atoms with E-state index < -0.39 is 0 Å². The molecule has 2 N–H and O–H groups in total. The number of nitriles is 1. The molecule has 0 unspecified atom stereocenters. The Kier molecular flexibility index (Phi) is 5.65. The molecule has 0 aliphatic rings. The van der Waals surface area contributed by atoms with Crippen molar-refractivity contribution in [3.8, 4) is 11.9 Å². The van der Waals surface area contributed by atoms with Gasteiger partial charge in [-0.1, -0.05) is 44.2 Å². The molecule has 1 aromatic heterocycles. The summed E-state index contributed by atoms with van der Waals surface area (Å²) in [5, 5.41) is 13.8. The van der Waals surface area contributed by atoms with Crippen LogP contribution in [0.4, 0.5) is 10.2 Å². The minimum Gasteiger partial charge on any atom is -0.471 e. The largest absolute Gasteiger partial charge is 0.471 e. The number of nitrogen functional groups attached to an aromatic ring is 1. The van der Waals surface area contributed by atoms with Crippen LogP contribution in [0.1, 0.15) is 47.6 Å². The van der Waals surface area contributed by atoms with E-state index in [2.05, 4.69) is 43.2 Å². The van der Waals surface area contributed by atoms with Gasteiger partial charge in [-0.2, -0.15) is 5.26 Å². The van der Waals surface area contributed by atoms with Crippen molar-refractivity contribution < 1.29 is 9.13 Å². The fourth-order valence-electron chi connectivity index (χ4n) is 2.94. The second kappa shape index (κ2) is 8.13. The minimum absolute atomic E-state index is 0.186. The molecule has 3 aromatic rings. The van der Waals surface area contributed by atoms with Crippen molar-refractivity contribution in [2.45, 2.75) is 39.8 Å². The molecule has 3 rings (SSSR count). The molecule has 144 valence electrons. The van der Waals surface area contributed by atoms with Crippen molar-refractivity contribution in [2.75, 3.05) is 5.73 Å². The molecule has 0 radical (unpaired) electrons. The Balaban J connectivity index is 1.83. The number of benzene rings is 2. The van der Waals surface area contributed by atoms with Gasteiger partial charge in [-0.3, -0.25) is 0 Å². The van der Waals surface area contributed by atoms with Gasteiger partial charge in [0.1, 0.15) is 24.3 Å². The number of aromatic nitrogens is 2. The van der Waals surface area contributed by atoms with E-state index in [1.807, 2.05) is 6.92 Å². The van der Waals surface area contributed by atoms with E-state index in [0.717, 1.165) is 11.1 Å². The number of ether oxygens (including phenoxy) is 1. The zero-order chi connectivity index (χ0) is 20.3. The van der Waals surface area contributed by atoms with E-state index >= 15 is 0 Å². The van der Waals surface area contributed by atoms with Gasteiger partial charge < -0.3 is 10.5 Å². The van der Waals surface area contributed by atoms with E-state index in [4.69, 9.17) is 10.5 Å². The van der Waals surface area contributed by atoms with Crippen molar-refractivity contribution >= 4 is 5.82 Å². The van der Waals surface area contributed by atoms with Gasteiger partial charge in [0.25, 0.3) is 5.88 Å². The Morgan fingerprint density at radius 3 is 2.71 bits per heavy atom. The van der Waals surface area contributed by atoms with E-state index in [1.165, 1.54) is 22.4 Å². The van der Waals surface area contributed by atoms with Crippen LogP contribution >= 0.6 is 0 Å². The second-order valence-electron chi connectivity index (χ2n) is 7.09. The zero-order valence-corrected chi connectivity index (χ0v) is 16.2. The topological polar surface area (TPSA) is 76.9 Å². The summed E-state index contributed by atoms with van der Waals surface area (Å²) in [5.74, 6) is 0.469. The summed E-state index contributed by atoms with van der Waals surface area (Å²) < 4.78 is 20.7. The van der Waals surface area contributed by atoms with Crippen LogP contribution in [0.25, 0.3) is 0 Å². The van der Waals surface area contributed by atoms with Gasteiger partial charge in [0.15, 0.2) is 5.56 Å². The van der Waals surface area contributed by atoms with Crippen LogP contribution in [-0.2, 0) is 13.2 Å². The first kappa shape index (κ1) is 19.4. The molecule has 0 bridgehead atoms. The Bertz CT molecular complexity index is 1030. The average Bonchev–Trinajstić information content (AvgIpc) is 2.95. The predicted octanol–water partition coefficient (Wildman–Crippen LogP) is 4.54. The van der Waals surface area contributed by atoms with Crippen molar-refractivity contribution in [1.82, 2.24) is 9.78 Å². The molecule has 0 atom stereocenters. The normalized spacial score (nSPS) is 10.9. The molecule has 0 aliphatic carbocycles. The monoisotopic (exact) mass is 378 g/mol. The van der Waals surface area contributed by atoms with Gasteiger partial charge in [-0.05, 0) is 47.2 Å². The molecule has 0 saturated carbocycles. The molecule has 0 saturated heterocycles. The van der Waals surface area contributed by atoms with Gasteiger partial charge in [0.2, 0.25) is 0 Å². The number of rotatable bonds is 6. The van der Waals surface area contributed by atoms with E-state index in [1.54, 1.807) is 12.1 Å². The lowest BCUT2D eigenvalue weighted by molar-refractivity contribution is 0.288. The summed E-state index contributed by atoms with van der Waals surface area (Å²) in [4.78, 5) is 0. The fraction of sp³-hybridized carbons (Fsp3) is 0.273. The van der Waals surface area contributed by atoms with Gasteiger partial charge in [0, 0.05) is 0 Å². The molecular formula is C22H23FN4O. The van der Waals surface area contributed by atoms with Crippen LogP contribution < -0.4 is 10.5 Å². The van der Waals surface area contributed by atoms with Gasteiger partial charge in [0.05, 0.1) is 6.54 Å². The second-order valence-corrected chi connectivity index (χ2v) is 7.09. The van der Waals surface area contributed by atoms with Crippen molar-refractivity contribution in [1.29, 1.82) is 5.26 Å². The summed E-state index contributed by atoms with van der Waals surface area (Å²) in [6, 6.07) is 14.5. The first-order chi connectivity index (χ1) is 13.4. The van der Waals surface area contributed by atoms with Gasteiger partial charge in [-0.25, -0.2) is 9.07 Å². The Hall–Kier alpha value is -3.33. The lowest BCUT2D eigenvalue weighted by Gasteiger charge is -2.11. The quantitative estimate of drug-likeness (QED) is 0.683. The fourth-order valence-corrected chi connectivity index (χ4v) is 2.94. The number of anilines is 1. The Morgan fingerprint density at radius 2 is 2.04 bits per heavy atom. The molecule has 1 heterocycles. The first-order valence-electron chi connectivity index (χ1n) is 9.12. The first-order valence-corrected chi connectivity index (χ1v) is 9.12. The van der Waals surface area contributed by atoms with E-state index in [0.29, 0.717) is 11.5 Å². The zero-order valence-electron chi connectivity index (χ0n) is 16.2. The number of hydrogen-bond donors (Lipinski definition) is 1. The maximum atomic E-state index is 13.4. The van der Waals surface area contributed by atoms with Crippen LogP contribution in [0.2, 0.25) is 0 Å². The number of hydrogen-bond acceptors (Lipinski definition) is 4. The third kappa shape index (κ3) is 4.15. The summed E-state index contributed by atoms with van der Waals surface area (Å²) in [6.07, 6.45) is 0. The minimum atomic E-state index is -0.333. The molecule has 5 nitrogen and oxygen atoms in total. The standard InChI is InChI=1S/C22H23FN4O/c1-14(2)17-8-7-15(3)18(10-17)13-28-22-20(11-24)21(25)27(26-22)12-16-5-4-6-19(23)9-16/h4-10,14H,12-13,25H2,1-3H3. The van der Waals surface area contributed by atoms with Crippen LogP contribution in [0.3, 0.4) is 0 Å². The van der Waals surface area contributed by atoms with Crippen molar-refractivity contribution in [3.05, 3.63) is 76.1 Å². The number of nitrogens with zero attached hydrogens (tertiary/aromatic N) is 3. The highest BCUT2D eigenvalue weighted by molar-refractivity contribution is 5.55. The molecule has 6 heteroatoms. The summed E-state index contributed by atoms with van der Waals surface area (Å²) in [5.41, 5.74) is 10.3. The third-order valence-electron chi connectivity index (χ3n) is 4.70. The molecule has 0 fully saturated rings. The Labute approximate surface area is 164 Å². The average molecular weight is 378 g/mol. The molecule has 28 heavy (non-hydrogen) atoms. The molecule has 0 aliphatic heterocycles. The number of halogens is 1. The SMILES string of the molecule is Cc1ccc(C(C)C)cc1COc1nn(Cc2cccc(F)c2)c(N)c1C#N. The van der Waals surface area contributed by atoms with Crippen molar-refractivity contribution in [3.63, 3.8) is 0 Å². The van der Waals surface area contributed by atoms with Crippen molar-refractivity contribution in [2.24, 2.45) is 0 Å². The summed E-state index contributed by atoms with van der Waals surface area (Å²) in [6.45, 7) is 6.83. The third-order valence-corrected chi connectivity index (χ3v) is 4.70. The summed E-state index contributed by atoms with van der Waals surface area (Å²) in [7, 11) is 0. The van der Waals surface area contributed by atoms with Crippen LogP contribution in [-0.4, -0.2) is 9.78 Å². The highest BCUT2D eigenvalue weighted by Gasteiger charge is 2.18. The van der Waals surface area contributed by atoms with Gasteiger partial charge >= 0.3 is 0 Å². The van der Waals surface area contributed by atoms with Crippen LogP contribution in [0.15, 0.2) is 42.5 Å². The number of nitrogens with two attached hydrogens (primary N) is 1.